The van der Waals surface area contributed by atoms with E-state index >= 15 is 0 Å². The van der Waals surface area contributed by atoms with Gasteiger partial charge in [0.25, 0.3) is 0 Å². The van der Waals surface area contributed by atoms with Crippen molar-refractivity contribution in [2.24, 2.45) is 11.7 Å². The Balaban J connectivity index is 1.12. The lowest BCUT2D eigenvalue weighted by molar-refractivity contribution is -0.146. The molecule has 0 bridgehead atoms. The van der Waals surface area contributed by atoms with Gasteiger partial charge in [-0.25, -0.2) is 9.97 Å². The number of nitrogens with zero attached hydrogens (tertiary/aromatic N) is 4. The molecule has 5 aromatic rings. The van der Waals surface area contributed by atoms with Gasteiger partial charge in [-0.15, -0.1) is 0 Å². The number of para-hydroxylation sites is 1. The first-order chi connectivity index (χ1) is 20.2. The Morgan fingerprint density at radius 2 is 1.81 bits per heavy atom. The molecule has 2 aromatic carbocycles. The maximum absolute atomic E-state index is 12.8. The summed E-state index contributed by atoms with van der Waals surface area (Å²) < 4.78 is 9.00. The molecule has 6 rings (SSSR count). The molecule has 1 atom stereocenters. The van der Waals surface area contributed by atoms with Crippen molar-refractivity contribution in [2.45, 2.75) is 53.0 Å². The summed E-state index contributed by atoms with van der Waals surface area (Å²) in [6.45, 7) is 10.4. The number of nitrogens with one attached hydrogen (secondary N) is 1. The minimum atomic E-state index is -0.688. The molecule has 0 aliphatic carbocycles. The molecule has 1 aliphatic rings. The van der Waals surface area contributed by atoms with E-state index < -0.39 is 6.04 Å². The molecule has 0 spiro atoms. The SMILES string of the molecule is Cc1nc(N2CCC(COC(=O)[C@@H](N)Cc3c[nH]c4ccccc34)CC2)c2c(C)cn(-c3c(C)cc(Br)cc3C)c2n1. The molecule has 1 aliphatic heterocycles. The number of anilines is 1. The molecule has 9 heteroatoms. The summed E-state index contributed by atoms with van der Waals surface area (Å²) in [5.41, 5.74) is 13.9. The van der Waals surface area contributed by atoms with Crippen molar-refractivity contribution in [3.63, 3.8) is 0 Å². The zero-order valence-electron chi connectivity index (χ0n) is 24.6. The fourth-order valence-corrected chi connectivity index (χ4v) is 7.00. The number of hydrogen-bond donors (Lipinski definition) is 2. The third-order valence-corrected chi connectivity index (χ3v) is 8.88. The van der Waals surface area contributed by atoms with E-state index in [2.05, 4.69) is 69.5 Å². The second-order valence-electron chi connectivity index (χ2n) is 11.6. The molecule has 8 nitrogen and oxygen atoms in total. The molecule has 0 radical (unpaired) electrons. The van der Waals surface area contributed by atoms with Gasteiger partial charge in [0.1, 0.15) is 17.7 Å². The third-order valence-electron chi connectivity index (χ3n) is 8.42. The Labute approximate surface area is 254 Å². The standard InChI is InChI=1S/C33H37BrN6O2/c1-19-13-25(34)14-20(2)30(19)40-17-21(3)29-31(37-22(4)38-32(29)40)39-11-9-23(10-12-39)18-42-33(41)27(35)15-24-16-36-28-8-6-5-7-26(24)28/h5-8,13-14,16-17,23,27,36H,9-12,15,18,35H2,1-4H3/t27-/m0/s1. The number of carbonyl (C=O) groups excluding carboxylic acids is 1. The largest absolute Gasteiger partial charge is 0.464 e. The Kier molecular flexibility index (Phi) is 7.81. The number of aromatic nitrogens is 4. The fourth-order valence-electron chi connectivity index (χ4n) is 6.31. The van der Waals surface area contributed by atoms with Gasteiger partial charge in [-0.3, -0.25) is 4.79 Å². The summed E-state index contributed by atoms with van der Waals surface area (Å²) in [6, 6.07) is 11.6. The fraction of sp³-hybridized carbons (Fsp3) is 0.364. The number of hydrogen-bond acceptors (Lipinski definition) is 6. The summed E-state index contributed by atoms with van der Waals surface area (Å²) in [5.74, 6) is 1.69. The van der Waals surface area contributed by atoms with Crippen molar-refractivity contribution in [1.29, 1.82) is 0 Å². The number of benzene rings is 2. The molecule has 3 N–H and O–H groups in total. The Morgan fingerprint density at radius 3 is 2.55 bits per heavy atom. The quantitative estimate of drug-likeness (QED) is 0.207. The lowest BCUT2D eigenvalue weighted by Crippen LogP contribution is -2.38. The summed E-state index contributed by atoms with van der Waals surface area (Å²) >= 11 is 3.62. The van der Waals surface area contributed by atoms with Crippen LogP contribution >= 0.6 is 15.9 Å². The summed E-state index contributed by atoms with van der Waals surface area (Å²) in [5, 5.41) is 2.19. The summed E-state index contributed by atoms with van der Waals surface area (Å²) in [7, 11) is 0. The molecule has 218 valence electrons. The predicted molar refractivity (Wildman–Crippen MR) is 171 cm³/mol. The van der Waals surface area contributed by atoms with E-state index in [4.69, 9.17) is 20.4 Å². The molecule has 3 aromatic heterocycles. The van der Waals surface area contributed by atoms with Crippen LogP contribution < -0.4 is 10.6 Å². The number of esters is 1. The van der Waals surface area contributed by atoms with Crippen molar-refractivity contribution in [2.75, 3.05) is 24.6 Å². The van der Waals surface area contributed by atoms with Crippen LogP contribution in [0.1, 0.15) is 40.9 Å². The minimum Gasteiger partial charge on any atom is -0.464 e. The number of aromatic amines is 1. The van der Waals surface area contributed by atoms with Crippen LogP contribution in [0.15, 0.2) is 53.3 Å². The number of H-pyrrole nitrogens is 1. The van der Waals surface area contributed by atoms with Gasteiger partial charge < -0.3 is 24.9 Å². The average molecular weight is 630 g/mol. The van der Waals surface area contributed by atoms with Gasteiger partial charge in [0, 0.05) is 47.3 Å². The van der Waals surface area contributed by atoms with E-state index in [9.17, 15) is 4.79 Å². The van der Waals surface area contributed by atoms with Crippen molar-refractivity contribution >= 4 is 49.7 Å². The van der Waals surface area contributed by atoms with E-state index in [-0.39, 0.29) is 5.97 Å². The van der Waals surface area contributed by atoms with E-state index in [0.717, 1.165) is 80.8 Å². The molecule has 1 saturated heterocycles. The number of rotatable bonds is 7. The molecule has 42 heavy (non-hydrogen) atoms. The maximum Gasteiger partial charge on any atom is 0.323 e. The van der Waals surface area contributed by atoms with E-state index in [0.29, 0.717) is 18.9 Å². The molecule has 0 saturated carbocycles. The van der Waals surface area contributed by atoms with Crippen LogP contribution in [0.4, 0.5) is 5.82 Å². The molecule has 4 heterocycles. The van der Waals surface area contributed by atoms with Crippen LogP contribution in [0.3, 0.4) is 0 Å². The second-order valence-corrected chi connectivity index (χ2v) is 12.5. The lowest BCUT2D eigenvalue weighted by atomic mass is 9.97. The highest BCUT2D eigenvalue weighted by molar-refractivity contribution is 9.10. The lowest BCUT2D eigenvalue weighted by Gasteiger charge is -2.33. The monoisotopic (exact) mass is 628 g/mol. The van der Waals surface area contributed by atoms with Crippen molar-refractivity contribution < 1.29 is 9.53 Å². The van der Waals surface area contributed by atoms with Gasteiger partial charge in [0.05, 0.1) is 17.7 Å². The molecular weight excluding hydrogens is 592 g/mol. The molecular formula is C33H37BrN6O2. The van der Waals surface area contributed by atoms with Crippen molar-refractivity contribution in [3.8, 4) is 5.69 Å². The Hall–Kier alpha value is -3.69. The smallest absolute Gasteiger partial charge is 0.323 e. The topological polar surface area (TPSA) is 102 Å². The van der Waals surface area contributed by atoms with Gasteiger partial charge in [-0.2, -0.15) is 0 Å². The van der Waals surface area contributed by atoms with Crippen LogP contribution in [-0.4, -0.2) is 51.2 Å². The van der Waals surface area contributed by atoms with Gasteiger partial charge in [-0.1, -0.05) is 34.1 Å². The first-order valence-electron chi connectivity index (χ1n) is 14.5. The maximum atomic E-state index is 12.8. The van der Waals surface area contributed by atoms with Crippen LogP contribution in [0.2, 0.25) is 0 Å². The average Bonchev–Trinajstić information content (AvgIpc) is 3.51. The number of carbonyl (C=O) groups is 1. The third kappa shape index (κ3) is 5.43. The van der Waals surface area contributed by atoms with Crippen molar-refractivity contribution in [3.05, 3.63) is 81.3 Å². The summed E-state index contributed by atoms with van der Waals surface area (Å²) in [6.07, 6.45) is 6.39. The van der Waals surface area contributed by atoms with E-state index in [1.54, 1.807) is 0 Å². The number of aryl methyl sites for hydroxylation is 4. The number of fused-ring (bicyclic) bond motifs is 2. The Morgan fingerprint density at radius 1 is 1.10 bits per heavy atom. The second kappa shape index (κ2) is 11.5. The van der Waals surface area contributed by atoms with Gasteiger partial charge >= 0.3 is 5.97 Å². The first-order valence-corrected chi connectivity index (χ1v) is 15.3. The van der Waals surface area contributed by atoms with Crippen molar-refractivity contribution in [1.82, 2.24) is 19.5 Å². The van der Waals surface area contributed by atoms with Crippen LogP contribution in [-0.2, 0) is 16.0 Å². The van der Waals surface area contributed by atoms with E-state index in [1.807, 2.05) is 37.4 Å². The first kappa shape index (κ1) is 28.4. The number of nitrogens with two attached hydrogens (primary N) is 1. The molecule has 0 amide bonds. The molecule has 0 unspecified atom stereocenters. The van der Waals surface area contributed by atoms with E-state index in [1.165, 1.54) is 11.1 Å². The normalized spacial score (nSPS) is 15.0. The van der Waals surface area contributed by atoms with Crippen LogP contribution in [0.5, 0.6) is 0 Å². The number of piperidine rings is 1. The zero-order valence-corrected chi connectivity index (χ0v) is 26.2. The van der Waals surface area contributed by atoms with Gasteiger partial charge in [0.2, 0.25) is 0 Å². The van der Waals surface area contributed by atoms with Gasteiger partial charge in [-0.05, 0) is 86.9 Å². The molecule has 1 fully saturated rings. The zero-order chi connectivity index (χ0) is 29.5. The predicted octanol–water partition coefficient (Wildman–Crippen LogP) is 6.23. The van der Waals surface area contributed by atoms with Crippen LogP contribution in [0, 0.1) is 33.6 Å². The minimum absolute atomic E-state index is 0.294. The highest BCUT2D eigenvalue weighted by Crippen LogP contribution is 2.35. The highest BCUT2D eigenvalue weighted by Gasteiger charge is 2.27. The number of halogens is 1. The van der Waals surface area contributed by atoms with Crippen LogP contribution in [0.25, 0.3) is 27.6 Å². The Bertz CT molecular complexity index is 1760. The number of ether oxygens (including phenoxy) is 1. The van der Waals surface area contributed by atoms with Gasteiger partial charge in [0.15, 0.2) is 5.65 Å². The highest BCUT2D eigenvalue weighted by atomic mass is 79.9. The summed E-state index contributed by atoms with van der Waals surface area (Å²) in [4.78, 5) is 28.2.